The normalized spacial score (nSPS) is 30.7. The first-order chi connectivity index (χ1) is 16.9. The molecule has 2 saturated carbocycles. The van der Waals surface area contributed by atoms with Crippen LogP contribution in [0.15, 0.2) is 29.1 Å². The minimum Gasteiger partial charge on any atom is -0.506 e. The second-order valence-corrected chi connectivity index (χ2v) is 11.1. The molecule has 8 heteroatoms. The van der Waals surface area contributed by atoms with E-state index in [2.05, 4.69) is 10.2 Å². The van der Waals surface area contributed by atoms with Crippen molar-refractivity contribution in [2.75, 3.05) is 26.3 Å². The molecule has 3 saturated heterocycles. The Hall–Kier alpha value is -2.42. The zero-order valence-electron chi connectivity index (χ0n) is 20.1. The molecule has 2 aliphatic carbocycles. The van der Waals surface area contributed by atoms with E-state index in [0.717, 1.165) is 32.2 Å². The van der Waals surface area contributed by atoms with Gasteiger partial charge in [-0.2, -0.15) is 0 Å². The number of benzene rings is 1. The van der Waals surface area contributed by atoms with Crippen LogP contribution in [0, 0.1) is 5.92 Å². The number of nitrogens with zero attached hydrogens (tertiary/aromatic N) is 2. The van der Waals surface area contributed by atoms with Crippen LogP contribution in [0.3, 0.4) is 0 Å². The summed E-state index contributed by atoms with van der Waals surface area (Å²) in [5.41, 5.74) is -0.426. The van der Waals surface area contributed by atoms with E-state index in [4.69, 9.17) is 4.74 Å². The van der Waals surface area contributed by atoms with Gasteiger partial charge in [-0.1, -0.05) is 12.1 Å². The Morgan fingerprint density at radius 2 is 1.80 bits per heavy atom. The van der Waals surface area contributed by atoms with Gasteiger partial charge in [0.05, 0.1) is 11.1 Å². The van der Waals surface area contributed by atoms with Crippen molar-refractivity contribution in [2.45, 2.75) is 75.1 Å². The molecular weight excluding hydrogens is 446 g/mol. The highest BCUT2D eigenvalue weighted by Gasteiger charge is 2.53. The molecule has 5 aliphatic rings. The number of amides is 1. The van der Waals surface area contributed by atoms with Gasteiger partial charge in [0, 0.05) is 49.8 Å². The summed E-state index contributed by atoms with van der Waals surface area (Å²) in [6, 6.07) is 8.05. The highest BCUT2D eigenvalue weighted by molar-refractivity contribution is 6.02. The molecule has 1 aromatic heterocycles. The molecule has 2 unspecified atom stereocenters. The topological polar surface area (TPSA) is 104 Å². The fraction of sp³-hybridized carbons (Fsp3) is 0.630. The number of fused-ring (bicyclic) bond motifs is 1. The average molecular weight is 482 g/mol. The maximum absolute atomic E-state index is 13.5. The van der Waals surface area contributed by atoms with Crippen LogP contribution >= 0.6 is 0 Å². The van der Waals surface area contributed by atoms with E-state index in [1.807, 2.05) is 12.1 Å². The van der Waals surface area contributed by atoms with Crippen molar-refractivity contribution >= 4 is 16.8 Å². The molecule has 4 bridgehead atoms. The second kappa shape index (κ2) is 8.91. The summed E-state index contributed by atoms with van der Waals surface area (Å²) < 4.78 is 7.15. The van der Waals surface area contributed by atoms with Gasteiger partial charge in [-0.05, 0) is 69.4 Å². The van der Waals surface area contributed by atoms with E-state index in [0.29, 0.717) is 61.5 Å². The first-order valence-electron chi connectivity index (χ1n) is 13.1. The Kier molecular flexibility index (Phi) is 5.86. The lowest BCUT2D eigenvalue weighted by atomic mass is 9.61. The Morgan fingerprint density at radius 1 is 1.09 bits per heavy atom. The highest BCUT2D eigenvalue weighted by Crippen LogP contribution is 2.51. The van der Waals surface area contributed by atoms with E-state index < -0.39 is 17.1 Å². The molecule has 1 aromatic carbocycles. The average Bonchev–Trinajstić information content (AvgIpc) is 2.83. The Labute approximate surface area is 204 Å². The van der Waals surface area contributed by atoms with E-state index in [1.165, 1.54) is 12.8 Å². The lowest BCUT2D eigenvalue weighted by Gasteiger charge is -2.60. The number of hydrogen-bond acceptors (Lipinski definition) is 6. The molecule has 188 valence electrons. The summed E-state index contributed by atoms with van der Waals surface area (Å²) in [5.74, 6) is -0.111. The molecule has 8 nitrogen and oxygen atoms in total. The molecule has 35 heavy (non-hydrogen) atoms. The van der Waals surface area contributed by atoms with Crippen molar-refractivity contribution in [1.82, 2.24) is 14.8 Å². The zero-order chi connectivity index (χ0) is 24.2. The highest BCUT2D eigenvalue weighted by atomic mass is 16.5. The number of ether oxygens (including phenoxy) is 1. The van der Waals surface area contributed by atoms with Gasteiger partial charge in [-0.3, -0.25) is 14.5 Å². The summed E-state index contributed by atoms with van der Waals surface area (Å²) in [6.07, 6.45) is 7.19. The smallest absolute Gasteiger partial charge is 0.267 e. The molecule has 2 aromatic rings. The summed E-state index contributed by atoms with van der Waals surface area (Å²) in [7, 11) is 0. The SMILES string of the molecule is O=C(NCCCN1C2CC3CC1CC(O)(C3)C2)c1c(O)c2ccccc2n(C2CCOCC2)c1=O. The number of carbonyl (C=O) groups excluding carboxylic acids is 1. The van der Waals surface area contributed by atoms with Crippen LogP contribution in [-0.4, -0.2) is 69.6 Å². The minimum absolute atomic E-state index is 0.0622. The lowest BCUT2D eigenvalue weighted by molar-refractivity contribution is -0.157. The predicted octanol–water partition coefficient (Wildman–Crippen LogP) is 2.56. The molecule has 0 spiro atoms. The maximum atomic E-state index is 13.5. The third-order valence-electron chi connectivity index (χ3n) is 8.80. The first-order valence-corrected chi connectivity index (χ1v) is 13.1. The number of aliphatic hydroxyl groups is 1. The van der Waals surface area contributed by atoms with Crippen molar-refractivity contribution in [2.24, 2.45) is 5.92 Å². The third-order valence-corrected chi connectivity index (χ3v) is 8.80. The standard InChI is InChI=1S/C27H35N3O5/c31-24-21-4-1-2-5-22(21)30(18-6-10-35-11-7-18)26(33)23(24)25(32)28-8-3-9-29-19-12-17-13-20(29)16-27(34,14-17)15-19/h1-2,4-5,17-20,31,34H,3,6-16H2,(H,28,32). The lowest BCUT2D eigenvalue weighted by Crippen LogP contribution is -2.64. The van der Waals surface area contributed by atoms with Gasteiger partial charge in [0.25, 0.3) is 11.5 Å². The van der Waals surface area contributed by atoms with Crippen LogP contribution in [0.1, 0.15) is 67.8 Å². The summed E-state index contributed by atoms with van der Waals surface area (Å²) >= 11 is 0. The number of aromatic nitrogens is 1. The first kappa shape index (κ1) is 23.0. The van der Waals surface area contributed by atoms with Crippen molar-refractivity contribution < 1.29 is 19.7 Å². The van der Waals surface area contributed by atoms with E-state index in [9.17, 15) is 19.8 Å². The largest absolute Gasteiger partial charge is 0.506 e. The second-order valence-electron chi connectivity index (χ2n) is 11.1. The number of hydrogen-bond donors (Lipinski definition) is 3. The van der Waals surface area contributed by atoms with Gasteiger partial charge in [-0.15, -0.1) is 0 Å². The van der Waals surface area contributed by atoms with Gasteiger partial charge in [0.2, 0.25) is 0 Å². The molecule has 2 atom stereocenters. The predicted molar refractivity (Wildman–Crippen MR) is 132 cm³/mol. The zero-order valence-corrected chi connectivity index (χ0v) is 20.1. The number of carbonyl (C=O) groups is 1. The number of aromatic hydroxyl groups is 1. The summed E-state index contributed by atoms with van der Waals surface area (Å²) in [4.78, 5) is 29.2. The molecular formula is C27H35N3O5. The van der Waals surface area contributed by atoms with Crippen molar-refractivity contribution in [3.8, 4) is 5.75 Å². The fourth-order valence-electron chi connectivity index (χ4n) is 7.44. The van der Waals surface area contributed by atoms with Gasteiger partial charge in [0.1, 0.15) is 11.3 Å². The molecule has 1 amide bonds. The van der Waals surface area contributed by atoms with Crippen molar-refractivity contribution in [3.63, 3.8) is 0 Å². The van der Waals surface area contributed by atoms with Crippen LogP contribution in [0.25, 0.3) is 10.9 Å². The van der Waals surface area contributed by atoms with E-state index in [1.54, 1.807) is 16.7 Å². The molecule has 4 heterocycles. The molecule has 3 N–H and O–H groups in total. The Morgan fingerprint density at radius 3 is 2.51 bits per heavy atom. The Balaban J connectivity index is 1.16. The third kappa shape index (κ3) is 4.05. The van der Waals surface area contributed by atoms with Crippen LogP contribution in [-0.2, 0) is 4.74 Å². The molecule has 5 fully saturated rings. The number of pyridine rings is 1. The summed E-state index contributed by atoms with van der Waals surface area (Å²) in [5, 5.41) is 25.1. The van der Waals surface area contributed by atoms with Gasteiger partial charge in [0.15, 0.2) is 0 Å². The van der Waals surface area contributed by atoms with E-state index in [-0.39, 0.29) is 17.4 Å². The number of nitrogens with one attached hydrogen (secondary N) is 1. The number of piperidine rings is 2. The summed E-state index contributed by atoms with van der Waals surface area (Å²) in [6.45, 7) is 2.45. The van der Waals surface area contributed by atoms with E-state index >= 15 is 0 Å². The van der Waals surface area contributed by atoms with Gasteiger partial charge in [-0.25, -0.2) is 0 Å². The number of para-hydroxylation sites is 1. The molecule has 0 radical (unpaired) electrons. The fourth-order valence-corrected chi connectivity index (χ4v) is 7.44. The monoisotopic (exact) mass is 481 g/mol. The van der Waals surface area contributed by atoms with Gasteiger partial charge >= 0.3 is 0 Å². The van der Waals surface area contributed by atoms with Crippen LogP contribution in [0.4, 0.5) is 0 Å². The number of rotatable bonds is 6. The van der Waals surface area contributed by atoms with Crippen LogP contribution in [0.5, 0.6) is 5.75 Å². The quantitative estimate of drug-likeness (QED) is 0.548. The van der Waals surface area contributed by atoms with Crippen LogP contribution in [0.2, 0.25) is 0 Å². The van der Waals surface area contributed by atoms with Crippen molar-refractivity contribution in [3.05, 3.63) is 40.2 Å². The molecule has 3 aliphatic heterocycles. The van der Waals surface area contributed by atoms with Gasteiger partial charge < -0.3 is 24.8 Å². The molecule has 7 rings (SSSR count). The minimum atomic E-state index is -0.520. The van der Waals surface area contributed by atoms with Crippen LogP contribution < -0.4 is 10.9 Å². The maximum Gasteiger partial charge on any atom is 0.267 e. The van der Waals surface area contributed by atoms with Crippen molar-refractivity contribution in [1.29, 1.82) is 0 Å². The Bertz CT molecular complexity index is 1170.